The Hall–Kier alpha value is -0.130. The average molecular weight is 234 g/mol. The van der Waals surface area contributed by atoms with Gasteiger partial charge < -0.3 is 5.32 Å². The van der Waals surface area contributed by atoms with Gasteiger partial charge in [0.2, 0.25) is 10.0 Å². The van der Waals surface area contributed by atoms with Gasteiger partial charge in [0.15, 0.2) is 0 Å². The SMILES string of the molecule is CC(C)(C)S(=O)(=O)NCC1CCCNC1. The minimum Gasteiger partial charge on any atom is -0.316 e. The second-order valence-corrected chi connectivity index (χ2v) is 7.70. The molecule has 1 atom stereocenters. The van der Waals surface area contributed by atoms with Crippen LogP contribution in [0.4, 0.5) is 0 Å². The van der Waals surface area contributed by atoms with Crippen molar-refractivity contribution in [1.82, 2.24) is 10.0 Å². The predicted molar refractivity (Wildman–Crippen MR) is 62.3 cm³/mol. The van der Waals surface area contributed by atoms with E-state index in [9.17, 15) is 8.42 Å². The molecule has 1 aliphatic rings. The Morgan fingerprint density at radius 3 is 2.53 bits per heavy atom. The molecule has 15 heavy (non-hydrogen) atoms. The van der Waals surface area contributed by atoms with Crippen molar-refractivity contribution in [1.29, 1.82) is 0 Å². The lowest BCUT2D eigenvalue weighted by Crippen LogP contribution is -2.44. The van der Waals surface area contributed by atoms with E-state index >= 15 is 0 Å². The lowest BCUT2D eigenvalue weighted by Gasteiger charge is -2.25. The molecule has 1 heterocycles. The van der Waals surface area contributed by atoms with Crippen molar-refractivity contribution in [2.75, 3.05) is 19.6 Å². The summed E-state index contributed by atoms with van der Waals surface area (Å²) in [4.78, 5) is 0. The molecule has 0 aromatic carbocycles. The van der Waals surface area contributed by atoms with Gasteiger partial charge in [-0.05, 0) is 52.6 Å². The van der Waals surface area contributed by atoms with Gasteiger partial charge in [0.05, 0.1) is 4.75 Å². The van der Waals surface area contributed by atoms with Gasteiger partial charge in [0.1, 0.15) is 0 Å². The second kappa shape index (κ2) is 4.80. The normalized spacial score (nSPS) is 24.1. The zero-order valence-electron chi connectivity index (χ0n) is 9.84. The Morgan fingerprint density at radius 1 is 1.40 bits per heavy atom. The van der Waals surface area contributed by atoms with E-state index in [1.54, 1.807) is 20.8 Å². The van der Waals surface area contributed by atoms with Crippen molar-refractivity contribution in [3.63, 3.8) is 0 Å². The molecule has 0 aliphatic carbocycles. The molecule has 0 radical (unpaired) electrons. The molecule has 90 valence electrons. The number of nitrogens with one attached hydrogen (secondary N) is 2. The van der Waals surface area contributed by atoms with E-state index in [2.05, 4.69) is 10.0 Å². The largest absolute Gasteiger partial charge is 0.316 e. The number of hydrogen-bond donors (Lipinski definition) is 2. The first kappa shape index (κ1) is 12.9. The zero-order chi connectivity index (χ0) is 11.5. The van der Waals surface area contributed by atoms with Crippen LogP contribution in [0.5, 0.6) is 0 Å². The second-order valence-electron chi connectivity index (χ2n) is 5.18. The fraction of sp³-hybridized carbons (Fsp3) is 1.00. The molecule has 1 aliphatic heterocycles. The number of rotatable bonds is 3. The van der Waals surface area contributed by atoms with E-state index < -0.39 is 14.8 Å². The number of hydrogen-bond acceptors (Lipinski definition) is 3. The van der Waals surface area contributed by atoms with Gasteiger partial charge in [-0.2, -0.15) is 0 Å². The summed E-state index contributed by atoms with van der Waals surface area (Å²) in [6.07, 6.45) is 2.25. The van der Waals surface area contributed by atoms with Crippen molar-refractivity contribution in [2.24, 2.45) is 5.92 Å². The third kappa shape index (κ3) is 3.74. The Morgan fingerprint density at radius 2 is 2.07 bits per heavy atom. The minimum atomic E-state index is -3.17. The van der Waals surface area contributed by atoms with Crippen LogP contribution in [0.2, 0.25) is 0 Å². The van der Waals surface area contributed by atoms with Crippen molar-refractivity contribution < 1.29 is 8.42 Å². The average Bonchev–Trinajstić information content (AvgIpc) is 2.15. The van der Waals surface area contributed by atoms with E-state index in [0.717, 1.165) is 25.9 Å². The molecule has 0 amide bonds. The monoisotopic (exact) mass is 234 g/mol. The highest BCUT2D eigenvalue weighted by molar-refractivity contribution is 7.90. The van der Waals surface area contributed by atoms with Crippen molar-refractivity contribution in [3.05, 3.63) is 0 Å². The lowest BCUT2D eigenvalue weighted by atomic mass is 10.0. The topological polar surface area (TPSA) is 58.2 Å². The summed E-state index contributed by atoms with van der Waals surface area (Å²) in [6, 6.07) is 0. The molecule has 0 bridgehead atoms. The molecular weight excluding hydrogens is 212 g/mol. The summed E-state index contributed by atoms with van der Waals surface area (Å²) < 4.78 is 25.5. The first-order valence-corrected chi connectivity index (χ1v) is 7.01. The molecule has 0 aromatic heterocycles. The van der Waals surface area contributed by atoms with Crippen molar-refractivity contribution in [3.8, 4) is 0 Å². The molecular formula is C10H22N2O2S. The highest BCUT2D eigenvalue weighted by atomic mass is 32.2. The van der Waals surface area contributed by atoms with Gasteiger partial charge in [0, 0.05) is 6.54 Å². The fourth-order valence-corrected chi connectivity index (χ4v) is 2.43. The van der Waals surface area contributed by atoms with E-state index in [0.29, 0.717) is 12.5 Å². The molecule has 5 heteroatoms. The van der Waals surface area contributed by atoms with E-state index in [1.807, 2.05) is 0 Å². The summed E-state index contributed by atoms with van der Waals surface area (Å²) in [7, 11) is -3.17. The van der Waals surface area contributed by atoms with E-state index in [1.165, 1.54) is 0 Å². The molecule has 0 spiro atoms. The maximum absolute atomic E-state index is 11.8. The van der Waals surface area contributed by atoms with Gasteiger partial charge in [-0.1, -0.05) is 0 Å². The Bertz CT molecular complexity index is 287. The van der Waals surface area contributed by atoms with Crippen LogP contribution in [0.15, 0.2) is 0 Å². The molecule has 0 saturated carbocycles. The first-order valence-electron chi connectivity index (χ1n) is 5.53. The van der Waals surface area contributed by atoms with Gasteiger partial charge >= 0.3 is 0 Å². The highest BCUT2D eigenvalue weighted by Crippen LogP contribution is 2.15. The maximum Gasteiger partial charge on any atom is 0.216 e. The molecule has 1 saturated heterocycles. The quantitative estimate of drug-likeness (QED) is 0.756. The summed E-state index contributed by atoms with van der Waals surface area (Å²) in [5.41, 5.74) is 0. The smallest absolute Gasteiger partial charge is 0.216 e. The van der Waals surface area contributed by atoms with Gasteiger partial charge in [-0.25, -0.2) is 13.1 Å². The van der Waals surface area contributed by atoms with Crippen LogP contribution in [-0.4, -0.2) is 32.8 Å². The summed E-state index contributed by atoms with van der Waals surface area (Å²) in [5, 5.41) is 3.27. The van der Waals surface area contributed by atoms with Crippen LogP contribution in [0, 0.1) is 5.92 Å². The van der Waals surface area contributed by atoms with E-state index in [-0.39, 0.29) is 0 Å². The Balaban J connectivity index is 2.42. The molecule has 2 N–H and O–H groups in total. The third-order valence-electron chi connectivity index (χ3n) is 2.77. The first-order chi connectivity index (χ1) is 6.83. The third-order valence-corrected chi connectivity index (χ3v) is 4.93. The predicted octanol–water partition coefficient (Wildman–Crippen LogP) is 0.704. The molecule has 1 rings (SSSR count). The van der Waals surface area contributed by atoms with Crippen molar-refractivity contribution in [2.45, 2.75) is 38.4 Å². The van der Waals surface area contributed by atoms with Gasteiger partial charge in [-0.15, -0.1) is 0 Å². The lowest BCUT2D eigenvalue weighted by molar-refractivity contribution is 0.374. The van der Waals surface area contributed by atoms with Crippen LogP contribution >= 0.6 is 0 Å². The summed E-state index contributed by atoms with van der Waals surface area (Å²) >= 11 is 0. The van der Waals surface area contributed by atoms with Gasteiger partial charge in [0.25, 0.3) is 0 Å². The highest BCUT2D eigenvalue weighted by Gasteiger charge is 2.29. The number of piperidine rings is 1. The standard InChI is InChI=1S/C10H22N2O2S/c1-10(2,3)15(13,14)12-8-9-5-4-6-11-7-9/h9,11-12H,4-8H2,1-3H3. The molecule has 1 fully saturated rings. The zero-order valence-corrected chi connectivity index (χ0v) is 10.7. The maximum atomic E-state index is 11.8. The fourth-order valence-electron chi connectivity index (χ4n) is 1.54. The Kier molecular flexibility index (Phi) is 4.14. The van der Waals surface area contributed by atoms with Crippen molar-refractivity contribution >= 4 is 10.0 Å². The Labute approximate surface area is 92.9 Å². The van der Waals surface area contributed by atoms with Gasteiger partial charge in [-0.3, -0.25) is 0 Å². The van der Waals surface area contributed by atoms with Crippen LogP contribution in [0.25, 0.3) is 0 Å². The number of sulfonamides is 1. The van der Waals surface area contributed by atoms with E-state index in [4.69, 9.17) is 0 Å². The minimum absolute atomic E-state index is 0.441. The van der Waals surface area contributed by atoms with Crippen LogP contribution < -0.4 is 10.0 Å². The molecule has 4 nitrogen and oxygen atoms in total. The summed E-state index contributed by atoms with van der Waals surface area (Å²) in [6.45, 7) is 7.69. The van der Waals surface area contributed by atoms with Crippen LogP contribution in [-0.2, 0) is 10.0 Å². The summed E-state index contributed by atoms with van der Waals surface area (Å²) in [5.74, 6) is 0.441. The van der Waals surface area contributed by atoms with Crippen LogP contribution in [0.3, 0.4) is 0 Å². The molecule has 0 aromatic rings. The molecule has 1 unspecified atom stereocenters. The van der Waals surface area contributed by atoms with Crippen LogP contribution in [0.1, 0.15) is 33.6 Å².